The molecule has 2 aliphatic heterocycles. The summed E-state index contributed by atoms with van der Waals surface area (Å²) in [5.41, 5.74) is 2.37. The van der Waals surface area contributed by atoms with Crippen LogP contribution < -0.4 is 10.2 Å². The summed E-state index contributed by atoms with van der Waals surface area (Å²) in [6, 6.07) is 18.1. The van der Waals surface area contributed by atoms with Crippen molar-refractivity contribution in [3.63, 3.8) is 0 Å². The summed E-state index contributed by atoms with van der Waals surface area (Å²) in [6.45, 7) is 7.78. The van der Waals surface area contributed by atoms with E-state index >= 15 is 0 Å². The first-order chi connectivity index (χ1) is 19.2. The maximum Gasteiger partial charge on any atom is 0.274 e. The molecular weight excluding hydrogens is 488 g/mol. The van der Waals surface area contributed by atoms with Crippen molar-refractivity contribution >= 4 is 28.2 Å². The number of carbonyl (C=O) groups excluding carboxylic acids is 1. The lowest BCUT2D eigenvalue weighted by molar-refractivity contribution is 0.0181. The number of piperidine rings is 1. The lowest BCUT2D eigenvalue weighted by Crippen LogP contribution is -2.42. The Kier molecular flexibility index (Phi) is 8.38. The monoisotopic (exact) mass is 528 g/mol. The summed E-state index contributed by atoms with van der Waals surface area (Å²) in [5.74, 6) is 2.37. The van der Waals surface area contributed by atoms with E-state index in [1.54, 1.807) is 0 Å². The van der Waals surface area contributed by atoms with Gasteiger partial charge in [-0.1, -0.05) is 55.7 Å². The van der Waals surface area contributed by atoms with Crippen molar-refractivity contribution in [2.24, 2.45) is 11.8 Å². The van der Waals surface area contributed by atoms with E-state index in [0.717, 1.165) is 85.6 Å². The summed E-state index contributed by atoms with van der Waals surface area (Å²) in [6.07, 6.45) is 6.66. The second-order valence-electron chi connectivity index (χ2n) is 11.2. The first-order valence-electron chi connectivity index (χ1n) is 14.7. The summed E-state index contributed by atoms with van der Waals surface area (Å²) < 4.78 is 11.5. The molecule has 2 aromatic carbocycles. The zero-order valence-corrected chi connectivity index (χ0v) is 22.8. The molecule has 7 heteroatoms. The van der Waals surface area contributed by atoms with Crippen LogP contribution in [0, 0.1) is 11.8 Å². The first-order valence-corrected chi connectivity index (χ1v) is 14.7. The van der Waals surface area contributed by atoms with E-state index in [0.29, 0.717) is 18.9 Å². The van der Waals surface area contributed by atoms with Crippen LogP contribution in [0.2, 0.25) is 0 Å². The minimum Gasteiger partial charge on any atom is -0.379 e. The van der Waals surface area contributed by atoms with Gasteiger partial charge in [-0.2, -0.15) is 0 Å². The molecule has 3 heterocycles. The van der Waals surface area contributed by atoms with E-state index in [9.17, 15) is 4.79 Å². The minimum atomic E-state index is -0.177. The van der Waals surface area contributed by atoms with E-state index < -0.39 is 0 Å². The molecule has 1 amide bonds. The number of hydrogen-bond acceptors (Lipinski definition) is 6. The van der Waals surface area contributed by atoms with E-state index in [-0.39, 0.29) is 5.91 Å². The van der Waals surface area contributed by atoms with Crippen LogP contribution in [0.5, 0.6) is 0 Å². The molecule has 2 atom stereocenters. The molecule has 2 unspecified atom stereocenters. The van der Waals surface area contributed by atoms with Crippen LogP contribution in [-0.2, 0) is 16.1 Å². The van der Waals surface area contributed by atoms with Crippen molar-refractivity contribution in [3.05, 3.63) is 65.9 Å². The van der Waals surface area contributed by atoms with Crippen molar-refractivity contribution in [2.45, 2.75) is 38.7 Å². The smallest absolute Gasteiger partial charge is 0.274 e. The molecule has 1 aromatic heterocycles. The number of benzene rings is 2. The number of morpholine rings is 1. The molecule has 0 radical (unpaired) electrons. The largest absolute Gasteiger partial charge is 0.379 e. The van der Waals surface area contributed by atoms with Crippen LogP contribution in [0.3, 0.4) is 0 Å². The Morgan fingerprint density at radius 1 is 0.923 bits per heavy atom. The average Bonchev–Trinajstić information content (AvgIpc) is 3.00. The first kappa shape index (κ1) is 26.2. The Bertz CT molecular complexity index is 1280. The maximum absolute atomic E-state index is 13.3. The molecule has 7 nitrogen and oxygen atoms in total. The maximum atomic E-state index is 13.3. The zero-order chi connectivity index (χ0) is 26.4. The highest BCUT2D eigenvalue weighted by Crippen LogP contribution is 2.37. The molecule has 3 aliphatic rings. The highest BCUT2D eigenvalue weighted by atomic mass is 16.5. The Labute approximate surface area is 231 Å². The van der Waals surface area contributed by atoms with Crippen molar-refractivity contribution in [2.75, 3.05) is 62.8 Å². The predicted octanol–water partition coefficient (Wildman–Crippen LogP) is 5.35. The van der Waals surface area contributed by atoms with Gasteiger partial charge in [0.05, 0.1) is 26.4 Å². The lowest BCUT2D eigenvalue weighted by Gasteiger charge is -2.41. The molecule has 6 rings (SSSR count). The Hall–Kier alpha value is -3.00. The van der Waals surface area contributed by atoms with Gasteiger partial charge in [0.15, 0.2) is 0 Å². The third-order valence-corrected chi connectivity index (χ3v) is 8.76. The second-order valence-corrected chi connectivity index (χ2v) is 11.2. The van der Waals surface area contributed by atoms with Crippen LogP contribution in [0.25, 0.3) is 10.8 Å². The van der Waals surface area contributed by atoms with Gasteiger partial charge in [0, 0.05) is 43.8 Å². The van der Waals surface area contributed by atoms with Crippen LogP contribution in [0.15, 0.2) is 54.6 Å². The quantitative estimate of drug-likeness (QED) is 0.398. The fraction of sp³-hybridized carbons (Fsp3) is 0.500. The van der Waals surface area contributed by atoms with Gasteiger partial charge in [0.2, 0.25) is 0 Å². The second kappa shape index (κ2) is 12.5. The fourth-order valence-electron chi connectivity index (χ4n) is 6.52. The van der Waals surface area contributed by atoms with Crippen LogP contribution in [0.4, 0.5) is 11.5 Å². The summed E-state index contributed by atoms with van der Waals surface area (Å²) in [7, 11) is 0. The number of carbonyl (C=O) groups is 1. The number of pyridine rings is 1. The van der Waals surface area contributed by atoms with Gasteiger partial charge in [0.25, 0.3) is 5.91 Å². The van der Waals surface area contributed by atoms with Crippen molar-refractivity contribution in [3.8, 4) is 0 Å². The van der Waals surface area contributed by atoms with Crippen molar-refractivity contribution in [1.82, 2.24) is 9.88 Å². The van der Waals surface area contributed by atoms with Crippen LogP contribution in [-0.4, -0.2) is 68.3 Å². The molecule has 1 N–H and O–H groups in total. The van der Waals surface area contributed by atoms with Gasteiger partial charge in [-0.05, 0) is 53.8 Å². The molecule has 2 saturated heterocycles. The van der Waals surface area contributed by atoms with Crippen LogP contribution >= 0.6 is 0 Å². The van der Waals surface area contributed by atoms with Gasteiger partial charge in [-0.3, -0.25) is 9.69 Å². The lowest BCUT2D eigenvalue weighted by atomic mass is 9.75. The molecule has 0 bridgehead atoms. The molecule has 39 heavy (non-hydrogen) atoms. The van der Waals surface area contributed by atoms with E-state index in [4.69, 9.17) is 14.5 Å². The van der Waals surface area contributed by atoms with Gasteiger partial charge in [-0.15, -0.1) is 0 Å². The SMILES string of the molecule is O=C(Nc1ccc(COCCN2CCOCC2)c2ccccc12)c1cccc(N2CCC3CCCCC3C2)n1. The number of aromatic nitrogens is 1. The molecular formula is C32H40N4O3. The number of anilines is 2. The van der Waals surface area contributed by atoms with Crippen molar-refractivity contribution < 1.29 is 14.3 Å². The topological polar surface area (TPSA) is 66.9 Å². The molecule has 1 saturated carbocycles. The van der Waals surface area contributed by atoms with Gasteiger partial charge in [0.1, 0.15) is 11.5 Å². The third kappa shape index (κ3) is 6.26. The normalized spacial score (nSPS) is 22.0. The highest BCUT2D eigenvalue weighted by molar-refractivity contribution is 6.08. The van der Waals surface area contributed by atoms with Gasteiger partial charge in [-0.25, -0.2) is 4.98 Å². The van der Waals surface area contributed by atoms with E-state index in [2.05, 4.69) is 33.3 Å². The Morgan fingerprint density at radius 3 is 2.62 bits per heavy atom. The van der Waals surface area contributed by atoms with Crippen LogP contribution in [0.1, 0.15) is 48.2 Å². The molecule has 3 fully saturated rings. The van der Waals surface area contributed by atoms with Gasteiger partial charge < -0.3 is 19.7 Å². The standard InChI is InChI=1S/C32H40N4O3/c37-32(30-10-5-11-31(33-30)36-15-14-24-6-1-2-7-25(24)22-36)34-29-13-12-26(27-8-3-4-9-28(27)29)23-39-21-18-35-16-19-38-20-17-35/h3-5,8-13,24-25H,1-2,6-7,14-23H2,(H,34,37). The highest BCUT2D eigenvalue weighted by Gasteiger charge is 2.31. The summed E-state index contributed by atoms with van der Waals surface area (Å²) in [5, 5.41) is 5.24. The molecule has 206 valence electrons. The minimum absolute atomic E-state index is 0.177. The predicted molar refractivity (Wildman–Crippen MR) is 155 cm³/mol. The zero-order valence-electron chi connectivity index (χ0n) is 22.8. The Balaban J connectivity index is 1.11. The number of nitrogens with zero attached hydrogens (tertiary/aromatic N) is 3. The fourth-order valence-corrected chi connectivity index (χ4v) is 6.52. The van der Waals surface area contributed by atoms with E-state index in [1.165, 1.54) is 32.1 Å². The number of hydrogen-bond donors (Lipinski definition) is 1. The molecule has 0 spiro atoms. The third-order valence-electron chi connectivity index (χ3n) is 8.76. The van der Waals surface area contributed by atoms with Crippen molar-refractivity contribution in [1.29, 1.82) is 0 Å². The average molecular weight is 529 g/mol. The number of fused-ring (bicyclic) bond motifs is 2. The summed E-state index contributed by atoms with van der Waals surface area (Å²) in [4.78, 5) is 22.9. The molecule has 3 aromatic rings. The number of rotatable bonds is 8. The number of ether oxygens (including phenoxy) is 2. The summed E-state index contributed by atoms with van der Waals surface area (Å²) >= 11 is 0. The Morgan fingerprint density at radius 2 is 1.74 bits per heavy atom. The van der Waals surface area contributed by atoms with Gasteiger partial charge >= 0.3 is 0 Å². The number of nitrogens with one attached hydrogen (secondary N) is 1. The molecule has 1 aliphatic carbocycles. The number of amides is 1. The van der Waals surface area contributed by atoms with E-state index in [1.807, 2.05) is 36.4 Å².